The molecule has 0 aliphatic carbocycles. The van der Waals surface area contributed by atoms with Crippen molar-refractivity contribution in [3.8, 4) is 0 Å². The van der Waals surface area contributed by atoms with Gasteiger partial charge in [0.2, 0.25) is 0 Å². The lowest BCUT2D eigenvalue weighted by Crippen LogP contribution is -1.73. The number of allylic oxidation sites excluding steroid dienone is 1. The Hall–Kier alpha value is 0.250. The topological polar surface area (TPSA) is 0 Å². The van der Waals surface area contributed by atoms with Gasteiger partial charge >= 0.3 is 0 Å². The Balaban J connectivity index is 3.03. The summed E-state index contributed by atoms with van der Waals surface area (Å²) in [5, 5.41) is 0. The summed E-state index contributed by atoms with van der Waals surface area (Å²) in [4.78, 5) is 0. The molecule has 3 heteroatoms. The van der Waals surface area contributed by atoms with Crippen LogP contribution >= 0.6 is 23.2 Å². The van der Waals surface area contributed by atoms with Crippen molar-refractivity contribution in [3.05, 3.63) is 11.6 Å². The molecule has 0 radical (unpaired) electrons. The van der Waals surface area contributed by atoms with Gasteiger partial charge in [-0.15, -0.1) is 0 Å². The molecule has 0 N–H and O–H groups in total. The Morgan fingerprint density at radius 1 is 1.67 bits per heavy atom. The van der Waals surface area contributed by atoms with E-state index in [1.165, 1.54) is 0 Å². The lowest BCUT2D eigenvalue weighted by atomic mass is 10.7. The van der Waals surface area contributed by atoms with E-state index < -0.39 is 5.63 Å². The maximum absolute atomic E-state index is 11.3. The zero-order valence-corrected chi connectivity index (χ0v) is 4.38. The summed E-state index contributed by atoms with van der Waals surface area (Å²) >= 11 is 9.63. The zero-order valence-electron chi connectivity index (χ0n) is 2.87. The van der Waals surface area contributed by atoms with E-state index in [1.54, 1.807) is 0 Å². The molecule has 1 unspecified atom stereocenters. The lowest BCUT2D eigenvalue weighted by Gasteiger charge is -1.78. The lowest BCUT2D eigenvalue weighted by molar-refractivity contribution is 0.512. The molecule has 0 nitrogen and oxygen atoms in total. The molecular weight excluding hydrogens is 126 g/mol. The number of alkyl halides is 2. The van der Waals surface area contributed by atoms with Crippen molar-refractivity contribution < 1.29 is 4.39 Å². The third-order valence-electron chi connectivity index (χ3n) is 0.218. The average Bonchev–Trinajstić information content (AvgIpc) is 1.35. The molecule has 0 aliphatic rings. The monoisotopic (exact) mass is 128 g/mol. The number of hydrogen-bond donors (Lipinski definition) is 0. The van der Waals surface area contributed by atoms with E-state index in [9.17, 15) is 4.39 Å². The van der Waals surface area contributed by atoms with E-state index in [0.717, 1.165) is 11.6 Å². The smallest absolute Gasteiger partial charge is 0.193 e. The van der Waals surface area contributed by atoms with E-state index in [4.69, 9.17) is 23.2 Å². The normalized spacial score (nSPS) is 15.8. The van der Waals surface area contributed by atoms with Crippen molar-refractivity contribution in [2.45, 2.75) is 5.63 Å². The van der Waals surface area contributed by atoms with Gasteiger partial charge in [-0.25, -0.2) is 4.39 Å². The van der Waals surface area contributed by atoms with Gasteiger partial charge in [0.25, 0.3) is 0 Å². The summed E-state index contributed by atoms with van der Waals surface area (Å²) in [6.45, 7) is 0. The van der Waals surface area contributed by atoms with Crippen LogP contribution in [-0.2, 0) is 0 Å². The zero-order chi connectivity index (χ0) is 4.99. The van der Waals surface area contributed by atoms with Crippen LogP contribution in [0.2, 0.25) is 0 Å². The Labute approximate surface area is 45.6 Å². The van der Waals surface area contributed by atoms with Crippen LogP contribution in [0.4, 0.5) is 4.39 Å². The first-order chi connectivity index (χ1) is 2.77. The summed E-state index contributed by atoms with van der Waals surface area (Å²) in [6, 6.07) is 0. The fraction of sp³-hybridized carbons (Fsp3) is 0.333. The van der Waals surface area contributed by atoms with Gasteiger partial charge in [-0.3, -0.25) is 0 Å². The van der Waals surface area contributed by atoms with E-state index in [2.05, 4.69) is 0 Å². The highest BCUT2D eigenvalue weighted by Crippen LogP contribution is 1.97. The molecule has 0 spiro atoms. The van der Waals surface area contributed by atoms with Crippen LogP contribution in [0, 0.1) is 0 Å². The number of hydrogen-bond acceptors (Lipinski definition) is 0. The molecule has 0 amide bonds. The predicted octanol–water partition coefficient (Wildman–Crippen LogP) is 2.27. The minimum absolute atomic E-state index is 1.03. The fourth-order valence-electron chi connectivity index (χ4n) is 0.0550. The molecule has 0 saturated heterocycles. The standard InChI is InChI=1S/C3H3Cl2F/c4-2-1-3(5)6/h1-3H/b2-1+. The SMILES string of the molecule is FC(Cl)/C=C/Cl. The predicted molar refractivity (Wildman–Crippen MR) is 25.7 cm³/mol. The highest BCUT2D eigenvalue weighted by molar-refractivity contribution is 6.26. The molecule has 0 aliphatic heterocycles. The molecule has 0 heterocycles. The van der Waals surface area contributed by atoms with E-state index in [-0.39, 0.29) is 0 Å². The van der Waals surface area contributed by atoms with Crippen molar-refractivity contribution in [2.24, 2.45) is 0 Å². The largest absolute Gasteiger partial charge is 0.225 e. The Morgan fingerprint density at radius 3 is 2.17 bits per heavy atom. The van der Waals surface area contributed by atoms with Crippen LogP contribution in [0.15, 0.2) is 11.6 Å². The molecule has 0 aromatic carbocycles. The summed E-state index contributed by atoms with van der Waals surface area (Å²) in [6.07, 6.45) is 1.03. The minimum Gasteiger partial charge on any atom is -0.225 e. The molecule has 0 rings (SSSR count). The highest BCUT2D eigenvalue weighted by atomic mass is 35.5. The van der Waals surface area contributed by atoms with Crippen LogP contribution in [0.1, 0.15) is 0 Å². The molecule has 6 heavy (non-hydrogen) atoms. The van der Waals surface area contributed by atoms with Crippen molar-refractivity contribution in [1.29, 1.82) is 0 Å². The van der Waals surface area contributed by atoms with Crippen molar-refractivity contribution in [2.75, 3.05) is 0 Å². The maximum Gasteiger partial charge on any atom is 0.193 e. The molecule has 1 atom stereocenters. The van der Waals surface area contributed by atoms with Crippen molar-refractivity contribution >= 4 is 23.2 Å². The second kappa shape index (κ2) is 3.44. The molecule has 0 aromatic rings. The van der Waals surface area contributed by atoms with Crippen LogP contribution in [-0.4, -0.2) is 5.63 Å². The van der Waals surface area contributed by atoms with Gasteiger partial charge in [0.1, 0.15) is 0 Å². The second-order valence-corrected chi connectivity index (χ2v) is 1.32. The Bertz CT molecular complexity index is 50.8. The molecule has 0 aromatic heterocycles. The fourth-order valence-corrected chi connectivity index (χ4v) is 0.330. The summed E-state index contributed by atoms with van der Waals surface area (Å²) in [7, 11) is 0. The molecular formula is C3H3Cl2F. The van der Waals surface area contributed by atoms with Gasteiger partial charge in [0.05, 0.1) is 0 Å². The summed E-state index contributed by atoms with van der Waals surface area (Å²) < 4.78 is 11.3. The van der Waals surface area contributed by atoms with Gasteiger partial charge in [-0.1, -0.05) is 23.2 Å². The van der Waals surface area contributed by atoms with Gasteiger partial charge in [-0.05, 0) is 6.08 Å². The van der Waals surface area contributed by atoms with Crippen LogP contribution in [0.5, 0.6) is 0 Å². The van der Waals surface area contributed by atoms with Gasteiger partial charge < -0.3 is 0 Å². The van der Waals surface area contributed by atoms with Crippen LogP contribution in [0.3, 0.4) is 0 Å². The first-order valence-electron chi connectivity index (χ1n) is 1.32. The van der Waals surface area contributed by atoms with E-state index in [1.807, 2.05) is 0 Å². The molecule has 0 fully saturated rings. The van der Waals surface area contributed by atoms with Crippen LogP contribution in [0.25, 0.3) is 0 Å². The minimum atomic E-state index is -1.44. The highest BCUT2D eigenvalue weighted by Gasteiger charge is 1.86. The quantitative estimate of drug-likeness (QED) is 0.476. The van der Waals surface area contributed by atoms with Gasteiger partial charge in [-0.2, -0.15) is 0 Å². The first kappa shape index (κ1) is 6.25. The second-order valence-electron chi connectivity index (χ2n) is 0.653. The Kier molecular flexibility index (Phi) is 3.58. The summed E-state index contributed by atoms with van der Waals surface area (Å²) in [5.41, 5.74) is -0.403. The number of halogens is 3. The molecule has 0 saturated carbocycles. The average molecular weight is 129 g/mol. The first-order valence-corrected chi connectivity index (χ1v) is 2.19. The van der Waals surface area contributed by atoms with E-state index >= 15 is 0 Å². The van der Waals surface area contributed by atoms with E-state index in [0.29, 0.717) is 0 Å². The van der Waals surface area contributed by atoms with Crippen molar-refractivity contribution in [1.82, 2.24) is 0 Å². The molecule has 0 bridgehead atoms. The molecule has 36 valence electrons. The third kappa shape index (κ3) is 4.25. The van der Waals surface area contributed by atoms with Crippen LogP contribution < -0.4 is 0 Å². The summed E-state index contributed by atoms with van der Waals surface area (Å²) in [5.74, 6) is 0. The third-order valence-corrected chi connectivity index (χ3v) is 0.509. The van der Waals surface area contributed by atoms with Crippen molar-refractivity contribution in [3.63, 3.8) is 0 Å². The number of rotatable bonds is 1. The van der Waals surface area contributed by atoms with Gasteiger partial charge in [0.15, 0.2) is 5.63 Å². The maximum atomic E-state index is 11.3. The Morgan fingerprint density at radius 2 is 2.17 bits per heavy atom. The van der Waals surface area contributed by atoms with Gasteiger partial charge in [0, 0.05) is 5.54 Å².